The molecule has 0 radical (unpaired) electrons. The van der Waals surface area contributed by atoms with Gasteiger partial charge in [-0.2, -0.15) is 0 Å². The van der Waals surface area contributed by atoms with E-state index in [4.69, 9.17) is 0 Å². The van der Waals surface area contributed by atoms with Crippen molar-refractivity contribution in [1.82, 2.24) is 4.57 Å². The van der Waals surface area contributed by atoms with Gasteiger partial charge in [0.25, 0.3) is 0 Å². The predicted molar refractivity (Wildman–Crippen MR) is 281 cm³/mol. The van der Waals surface area contributed by atoms with Crippen molar-refractivity contribution in [3.05, 3.63) is 289 Å². The maximum absolute atomic E-state index is 2.52. The topological polar surface area (TPSA) is 8.17 Å². The highest BCUT2D eigenvalue weighted by Crippen LogP contribution is 2.57. The standard InChI is InChI=1S/C65H44N2/c1-5-19-45(20-6-1)46-33-36-51(37-34-46)66(52-38-41-57-56-30-15-17-31-60(56)65(61(57)43-52,49-24-9-3-10-25-49)50-26-11-4-12-27-50)53-39-42-58-59-40-35-48-23-13-14-29-55(48)64(59)67(63(58)44-53)62-32-18-16-28-54(62)47-21-7-2-8-22-47/h1-44H. The van der Waals surface area contributed by atoms with Gasteiger partial charge in [-0.25, -0.2) is 0 Å². The number of nitrogens with zero attached hydrogens (tertiary/aromatic N) is 2. The van der Waals surface area contributed by atoms with E-state index in [1.54, 1.807) is 0 Å². The Morgan fingerprint density at radius 1 is 0.313 bits per heavy atom. The zero-order valence-electron chi connectivity index (χ0n) is 36.8. The van der Waals surface area contributed by atoms with E-state index in [0.29, 0.717) is 0 Å². The van der Waals surface area contributed by atoms with Crippen LogP contribution < -0.4 is 4.90 Å². The first-order valence-corrected chi connectivity index (χ1v) is 23.2. The molecule has 0 N–H and O–H groups in total. The molecule has 0 atom stereocenters. The maximum atomic E-state index is 2.52. The SMILES string of the molecule is c1ccc(-c2ccc(N(c3ccc4c(c3)C(c3ccccc3)(c3ccccc3)c3ccccc3-4)c3ccc4c5ccc6ccccc6c5n(-c5ccccc5-c5ccccc5)c4c3)cc2)cc1. The van der Waals surface area contributed by atoms with Crippen molar-refractivity contribution in [1.29, 1.82) is 0 Å². The summed E-state index contributed by atoms with van der Waals surface area (Å²) in [5.74, 6) is 0. The van der Waals surface area contributed by atoms with Crippen molar-refractivity contribution in [3.8, 4) is 39.1 Å². The zero-order chi connectivity index (χ0) is 44.3. The first-order chi connectivity index (χ1) is 33.3. The summed E-state index contributed by atoms with van der Waals surface area (Å²) in [7, 11) is 0. The van der Waals surface area contributed by atoms with E-state index in [-0.39, 0.29) is 0 Å². The van der Waals surface area contributed by atoms with Gasteiger partial charge >= 0.3 is 0 Å². The van der Waals surface area contributed by atoms with Crippen LogP contribution in [0, 0.1) is 0 Å². The molecule has 67 heavy (non-hydrogen) atoms. The molecule has 314 valence electrons. The molecule has 0 unspecified atom stereocenters. The highest BCUT2D eigenvalue weighted by Gasteiger charge is 2.46. The van der Waals surface area contributed by atoms with Gasteiger partial charge < -0.3 is 9.47 Å². The van der Waals surface area contributed by atoms with Crippen molar-refractivity contribution in [3.63, 3.8) is 0 Å². The normalized spacial score (nSPS) is 12.6. The fourth-order valence-corrected chi connectivity index (χ4v) is 11.1. The molecule has 1 aromatic heterocycles. The lowest BCUT2D eigenvalue weighted by atomic mass is 9.67. The summed E-state index contributed by atoms with van der Waals surface area (Å²) in [4.78, 5) is 2.46. The average molecular weight is 853 g/mol. The van der Waals surface area contributed by atoms with Gasteiger partial charge in [0, 0.05) is 38.8 Å². The molecule has 1 aliphatic carbocycles. The first-order valence-electron chi connectivity index (χ1n) is 23.2. The van der Waals surface area contributed by atoms with Crippen molar-refractivity contribution in [2.75, 3.05) is 4.90 Å². The summed E-state index contributed by atoms with van der Waals surface area (Å²) in [5.41, 5.74) is 18.5. The van der Waals surface area contributed by atoms with Gasteiger partial charge in [0.15, 0.2) is 0 Å². The van der Waals surface area contributed by atoms with Crippen LogP contribution in [0.5, 0.6) is 0 Å². The van der Waals surface area contributed by atoms with Crippen molar-refractivity contribution in [2.24, 2.45) is 0 Å². The molecular weight excluding hydrogens is 809 g/mol. The van der Waals surface area contributed by atoms with Crippen LogP contribution in [-0.4, -0.2) is 4.57 Å². The van der Waals surface area contributed by atoms with Crippen LogP contribution in [0.2, 0.25) is 0 Å². The molecule has 13 rings (SSSR count). The third-order valence-corrected chi connectivity index (χ3v) is 14.1. The second kappa shape index (κ2) is 15.8. The van der Waals surface area contributed by atoms with Gasteiger partial charge in [0.2, 0.25) is 0 Å². The number of anilines is 3. The van der Waals surface area contributed by atoms with Crippen LogP contribution in [-0.2, 0) is 5.41 Å². The molecule has 2 heteroatoms. The van der Waals surface area contributed by atoms with Crippen LogP contribution in [0.25, 0.3) is 71.6 Å². The molecule has 1 heterocycles. The van der Waals surface area contributed by atoms with Crippen molar-refractivity contribution in [2.45, 2.75) is 5.41 Å². The lowest BCUT2D eigenvalue weighted by Gasteiger charge is -2.35. The quantitative estimate of drug-likeness (QED) is 0.148. The molecule has 1 aliphatic rings. The van der Waals surface area contributed by atoms with Crippen LogP contribution in [0.4, 0.5) is 17.1 Å². The number of para-hydroxylation sites is 1. The van der Waals surface area contributed by atoms with Gasteiger partial charge in [-0.3, -0.25) is 0 Å². The summed E-state index contributed by atoms with van der Waals surface area (Å²) >= 11 is 0. The van der Waals surface area contributed by atoms with Gasteiger partial charge in [-0.15, -0.1) is 0 Å². The van der Waals surface area contributed by atoms with Crippen LogP contribution in [0.15, 0.2) is 267 Å². The summed E-state index contributed by atoms with van der Waals surface area (Å²) in [6.45, 7) is 0. The summed E-state index contributed by atoms with van der Waals surface area (Å²) < 4.78 is 2.52. The van der Waals surface area contributed by atoms with Crippen LogP contribution in [0.3, 0.4) is 0 Å². The van der Waals surface area contributed by atoms with E-state index in [1.165, 1.54) is 82.7 Å². The Balaban J connectivity index is 1.09. The minimum absolute atomic E-state index is 0.536. The Morgan fingerprint density at radius 3 is 1.57 bits per heavy atom. The third kappa shape index (κ3) is 6.11. The minimum Gasteiger partial charge on any atom is -0.310 e. The smallest absolute Gasteiger partial charge is 0.0714 e. The second-order valence-corrected chi connectivity index (χ2v) is 17.6. The van der Waals surface area contributed by atoms with Gasteiger partial charge in [-0.1, -0.05) is 224 Å². The number of hydrogen-bond acceptors (Lipinski definition) is 1. The van der Waals surface area contributed by atoms with E-state index in [2.05, 4.69) is 276 Å². The highest BCUT2D eigenvalue weighted by molar-refractivity contribution is 6.19. The molecule has 2 nitrogen and oxygen atoms in total. The Bertz CT molecular complexity index is 3740. The molecule has 0 saturated carbocycles. The number of rotatable bonds is 8. The van der Waals surface area contributed by atoms with Crippen LogP contribution in [0.1, 0.15) is 22.3 Å². The summed E-state index contributed by atoms with van der Waals surface area (Å²) in [5, 5.41) is 4.89. The summed E-state index contributed by atoms with van der Waals surface area (Å²) in [6, 6.07) is 98.2. The van der Waals surface area contributed by atoms with E-state index < -0.39 is 5.41 Å². The predicted octanol–water partition coefficient (Wildman–Crippen LogP) is 17.1. The number of benzene rings is 11. The van der Waals surface area contributed by atoms with Crippen molar-refractivity contribution >= 4 is 49.6 Å². The number of hydrogen-bond donors (Lipinski definition) is 0. The Morgan fingerprint density at radius 2 is 0.836 bits per heavy atom. The molecule has 0 spiro atoms. The summed E-state index contributed by atoms with van der Waals surface area (Å²) in [6.07, 6.45) is 0. The monoisotopic (exact) mass is 852 g/mol. The molecule has 12 aromatic rings. The van der Waals surface area contributed by atoms with Gasteiger partial charge in [0.05, 0.1) is 22.1 Å². The molecule has 0 bridgehead atoms. The lowest BCUT2D eigenvalue weighted by molar-refractivity contribution is 0.768. The van der Waals surface area contributed by atoms with Gasteiger partial charge in [0.1, 0.15) is 0 Å². The fraction of sp³-hybridized carbons (Fsp3) is 0.0154. The Kier molecular flexibility index (Phi) is 9.11. The molecule has 0 aliphatic heterocycles. The van der Waals surface area contributed by atoms with Crippen molar-refractivity contribution < 1.29 is 0 Å². The average Bonchev–Trinajstić information content (AvgIpc) is 3.90. The molecular formula is C65H44N2. The van der Waals surface area contributed by atoms with E-state index in [9.17, 15) is 0 Å². The van der Waals surface area contributed by atoms with E-state index >= 15 is 0 Å². The number of aromatic nitrogens is 1. The Hall–Kier alpha value is -8.72. The molecule has 0 fully saturated rings. The Labute approximate surface area is 390 Å². The zero-order valence-corrected chi connectivity index (χ0v) is 36.8. The largest absolute Gasteiger partial charge is 0.310 e. The van der Waals surface area contributed by atoms with E-state index in [1.807, 2.05) is 0 Å². The number of fused-ring (bicyclic) bond motifs is 8. The maximum Gasteiger partial charge on any atom is 0.0714 e. The first kappa shape index (κ1) is 38.7. The second-order valence-electron chi connectivity index (χ2n) is 17.6. The third-order valence-electron chi connectivity index (χ3n) is 14.1. The minimum atomic E-state index is -0.536. The van der Waals surface area contributed by atoms with Gasteiger partial charge in [-0.05, 0) is 97.9 Å². The molecule has 11 aromatic carbocycles. The molecule has 0 saturated heterocycles. The fourth-order valence-electron chi connectivity index (χ4n) is 11.1. The van der Waals surface area contributed by atoms with E-state index in [0.717, 1.165) is 28.3 Å². The highest BCUT2D eigenvalue weighted by atomic mass is 15.1. The van der Waals surface area contributed by atoms with Crippen LogP contribution >= 0.6 is 0 Å². The molecule has 0 amide bonds. The lowest BCUT2D eigenvalue weighted by Crippen LogP contribution is -2.28.